The van der Waals surface area contributed by atoms with Crippen molar-refractivity contribution in [1.82, 2.24) is 15.3 Å². The van der Waals surface area contributed by atoms with Crippen molar-refractivity contribution >= 4 is 11.8 Å². The zero-order chi connectivity index (χ0) is 15.7. The van der Waals surface area contributed by atoms with Gasteiger partial charge in [0, 0.05) is 11.8 Å². The average molecular weight is 297 g/mol. The summed E-state index contributed by atoms with van der Waals surface area (Å²) in [5, 5.41) is 3.42. The molecule has 1 aliphatic heterocycles. The highest BCUT2D eigenvalue weighted by molar-refractivity contribution is 5.77. The van der Waals surface area contributed by atoms with Crippen molar-refractivity contribution in [3.8, 4) is 11.1 Å². The van der Waals surface area contributed by atoms with Gasteiger partial charge in [-0.25, -0.2) is 4.98 Å². The summed E-state index contributed by atoms with van der Waals surface area (Å²) in [6.07, 6.45) is 4.11. The number of nitrogen functional groups attached to an aromatic ring is 2. The van der Waals surface area contributed by atoms with Crippen LogP contribution < -0.4 is 16.8 Å². The summed E-state index contributed by atoms with van der Waals surface area (Å²) in [6, 6.07) is 4.51. The largest absolute Gasteiger partial charge is 0.383 e. The first-order chi connectivity index (χ1) is 10.6. The van der Waals surface area contributed by atoms with Gasteiger partial charge in [-0.15, -0.1) is 0 Å². The van der Waals surface area contributed by atoms with Gasteiger partial charge in [0.2, 0.25) is 5.95 Å². The highest BCUT2D eigenvalue weighted by Gasteiger charge is 2.19. The Morgan fingerprint density at radius 1 is 1.05 bits per heavy atom. The first kappa shape index (κ1) is 14.8. The van der Waals surface area contributed by atoms with Gasteiger partial charge in [0.05, 0.1) is 0 Å². The fourth-order valence-corrected chi connectivity index (χ4v) is 3.32. The van der Waals surface area contributed by atoms with Crippen LogP contribution in [0.25, 0.3) is 11.1 Å². The molecule has 0 spiro atoms. The van der Waals surface area contributed by atoms with E-state index in [9.17, 15) is 0 Å². The van der Waals surface area contributed by atoms with Crippen LogP contribution in [0.1, 0.15) is 35.4 Å². The van der Waals surface area contributed by atoms with E-state index >= 15 is 0 Å². The predicted octanol–water partition coefficient (Wildman–Crippen LogP) is 2.39. The second-order valence-corrected chi connectivity index (χ2v) is 6.08. The van der Waals surface area contributed by atoms with Gasteiger partial charge in [0.25, 0.3) is 0 Å². The van der Waals surface area contributed by atoms with Crippen LogP contribution in [-0.2, 0) is 0 Å². The first-order valence-corrected chi connectivity index (χ1v) is 7.76. The lowest BCUT2D eigenvalue weighted by molar-refractivity contribution is 0.459. The summed E-state index contributed by atoms with van der Waals surface area (Å²) >= 11 is 0. The molecule has 0 bridgehead atoms. The van der Waals surface area contributed by atoms with Gasteiger partial charge in [-0.3, -0.25) is 0 Å². The molecule has 1 fully saturated rings. The summed E-state index contributed by atoms with van der Waals surface area (Å²) in [4.78, 5) is 8.15. The zero-order valence-corrected chi connectivity index (χ0v) is 13.2. The third-order valence-corrected chi connectivity index (χ3v) is 4.52. The standard InChI is InChI=1S/C17H23N5/c1-10-8-14(15-9-21-17(19)22-16(15)18)11(2)7-13(10)12-3-5-20-6-4-12/h7-9,12,20H,3-6H2,1-2H3,(H4,18,19,21,22). The minimum absolute atomic E-state index is 0.210. The number of nitrogens with one attached hydrogen (secondary N) is 1. The smallest absolute Gasteiger partial charge is 0.221 e. The molecule has 116 valence electrons. The summed E-state index contributed by atoms with van der Waals surface area (Å²) in [5.74, 6) is 1.29. The second kappa shape index (κ2) is 5.93. The van der Waals surface area contributed by atoms with E-state index < -0.39 is 0 Å². The summed E-state index contributed by atoms with van der Waals surface area (Å²) in [6.45, 7) is 6.50. The van der Waals surface area contributed by atoms with Gasteiger partial charge in [0.15, 0.2) is 0 Å². The molecule has 0 amide bonds. The molecule has 22 heavy (non-hydrogen) atoms. The number of piperidine rings is 1. The lowest BCUT2D eigenvalue weighted by atomic mass is 9.84. The van der Waals surface area contributed by atoms with E-state index in [4.69, 9.17) is 11.5 Å². The van der Waals surface area contributed by atoms with Crippen molar-refractivity contribution in [2.75, 3.05) is 24.6 Å². The van der Waals surface area contributed by atoms with Crippen LogP contribution >= 0.6 is 0 Å². The summed E-state index contributed by atoms with van der Waals surface area (Å²) in [5.41, 5.74) is 17.5. The second-order valence-electron chi connectivity index (χ2n) is 6.08. The average Bonchev–Trinajstić information content (AvgIpc) is 2.50. The first-order valence-electron chi connectivity index (χ1n) is 7.76. The van der Waals surface area contributed by atoms with E-state index in [-0.39, 0.29) is 5.95 Å². The van der Waals surface area contributed by atoms with Gasteiger partial charge >= 0.3 is 0 Å². The van der Waals surface area contributed by atoms with Gasteiger partial charge in [-0.1, -0.05) is 12.1 Å². The van der Waals surface area contributed by atoms with E-state index in [1.165, 1.54) is 29.5 Å². The number of aryl methyl sites for hydroxylation is 2. The molecule has 0 saturated carbocycles. The minimum Gasteiger partial charge on any atom is -0.383 e. The van der Waals surface area contributed by atoms with Crippen LogP contribution in [0.5, 0.6) is 0 Å². The van der Waals surface area contributed by atoms with E-state index in [1.54, 1.807) is 6.20 Å². The maximum atomic E-state index is 6.01. The van der Waals surface area contributed by atoms with E-state index in [1.807, 2.05) is 0 Å². The highest BCUT2D eigenvalue weighted by atomic mass is 15.0. The van der Waals surface area contributed by atoms with E-state index in [0.29, 0.717) is 11.7 Å². The number of benzene rings is 1. The fourth-order valence-electron chi connectivity index (χ4n) is 3.32. The quantitative estimate of drug-likeness (QED) is 0.792. The number of rotatable bonds is 2. The number of hydrogen-bond acceptors (Lipinski definition) is 5. The van der Waals surface area contributed by atoms with Crippen molar-refractivity contribution in [1.29, 1.82) is 0 Å². The molecule has 0 unspecified atom stereocenters. The number of anilines is 2. The molecule has 1 aliphatic rings. The molecule has 1 aromatic heterocycles. The highest BCUT2D eigenvalue weighted by Crippen LogP contribution is 2.34. The Kier molecular flexibility index (Phi) is 3.98. The van der Waals surface area contributed by atoms with Crippen LogP contribution in [0.4, 0.5) is 11.8 Å². The SMILES string of the molecule is Cc1cc(C2CCNCC2)c(C)cc1-c1cnc(N)nc1N. The van der Waals surface area contributed by atoms with Crippen LogP contribution in [0.15, 0.2) is 18.3 Å². The third kappa shape index (κ3) is 2.76. The molecular weight excluding hydrogens is 274 g/mol. The van der Waals surface area contributed by atoms with Gasteiger partial charge in [-0.05, 0) is 68.0 Å². The zero-order valence-electron chi connectivity index (χ0n) is 13.2. The van der Waals surface area contributed by atoms with E-state index in [2.05, 4.69) is 41.3 Å². The Hall–Kier alpha value is -2.14. The Morgan fingerprint density at radius 3 is 2.45 bits per heavy atom. The molecule has 0 atom stereocenters. The number of nitrogens with zero attached hydrogens (tertiary/aromatic N) is 2. The lowest BCUT2D eigenvalue weighted by Gasteiger charge is -2.25. The number of nitrogens with two attached hydrogens (primary N) is 2. The van der Waals surface area contributed by atoms with E-state index in [0.717, 1.165) is 24.2 Å². The Balaban J connectivity index is 2.02. The Labute approximate surface area is 131 Å². The van der Waals surface area contributed by atoms with Gasteiger partial charge in [0.1, 0.15) is 5.82 Å². The van der Waals surface area contributed by atoms with Gasteiger partial charge < -0.3 is 16.8 Å². The predicted molar refractivity (Wildman–Crippen MR) is 90.6 cm³/mol. The van der Waals surface area contributed by atoms with Crippen LogP contribution in [-0.4, -0.2) is 23.1 Å². The Morgan fingerprint density at radius 2 is 1.77 bits per heavy atom. The van der Waals surface area contributed by atoms with Crippen molar-refractivity contribution in [2.45, 2.75) is 32.6 Å². The summed E-state index contributed by atoms with van der Waals surface area (Å²) < 4.78 is 0. The third-order valence-electron chi connectivity index (χ3n) is 4.52. The molecule has 5 N–H and O–H groups in total. The minimum atomic E-state index is 0.210. The maximum Gasteiger partial charge on any atom is 0.221 e. The molecule has 1 saturated heterocycles. The van der Waals surface area contributed by atoms with Crippen molar-refractivity contribution in [3.63, 3.8) is 0 Å². The molecule has 2 heterocycles. The fraction of sp³-hybridized carbons (Fsp3) is 0.412. The molecule has 3 rings (SSSR count). The molecule has 5 nitrogen and oxygen atoms in total. The topological polar surface area (TPSA) is 89.8 Å². The molecule has 5 heteroatoms. The van der Waals surface area contributed by atoms with Crippen LogP contribution in [0, 0.1) is 13.8 Å². The molecule has 0 aliphatic carbocycles. The van der Waals surface area contributed by atoms with Crippen LogP contribution in [0.3, 0.4) is 0 Å². The maximum absolute atomic E-state index is 6.01. The molecule has 1 aromatic carbocycles. The van der Waals surface area contributed by atoms with Crippen molar-refractivity contribution < 1.29 is 0 Å². The van der Waals surface area contributed by atoms with Crippen molar-refractivity contribution in [2.24, 2.45) is 0 Å². The number of hydrogen-bond donors (Lipinski definition) is 3. The molecular formula is C17H23N5. The normalized spacial score (nSPS) is 15.9. The van der Waals surface area contributed by atoms with Crippen molar-refractivity contribution in [3.05, 3.63) is 35.0 Å². The van der Waals surface area contributed by atoms with Gasteiger partial charge in [-0.2, -0.15) is 4.98 Å². The molecule has 0 radical (unpaired) electrons. The number of aromatic nitrogens is 2. The lowest BCUT2D eigenvalue weighted by Crippen LogP contribution is -2.27. The molecule has 2 aromatic rings. The Bertz CT molecular complexity index is 690. The monoisotopic (exact) mass is 297 g/mol. The summed E-state index contributed by atoms with van der Waals surface area (Å²) in [7, 11) is 0. The van der Waals surface area contributed by atoms with Crippen LogP contribution in [0.2, 0.25) is 0 Å².